The fourth-order valence-corrected chi connectivity index (χ4v) is 4.05. The van der Waals surface area contributed by atoms with Gasteiger partial charge in [-0.3, -0.25) is 9.59 Å². The van der Waals surface area contributed by atoms with Crippen LogP contribution in [0.1, 0.15) is 22.3 Å². The molecule has 2 aromatic rings. The zero-order valence-electron chi connectivity index (χ0n) is 17.8. The first-order valence-corrected chi connectivity index (χ1v) is 11.7. The number of carbonyl (C=O) groups excluding carboxylic acids is 2. The minimum Gasteiger partial charge on any atom is -0.336 e. The van der Waals surface area contributed by atoms with E-state index in [1.54, 1.807) is 36.4 Å². The van der Waals surface area contributed by atoms with Gasteiger partial charge in [-0.2, -0.15) is 0 Å². The summed E-state index contributed by atoms with van der Waals surface area (Å²) in [6, 6.07) is 13.4. The van der Waals surface area contributed by atoms with E-state index in [-0.39, 0.29) is 23.1 Å². The summed E-state index contributed by atoms with van der Waals surface area (Å²) in [7, 11) is -0.0570. The Bertz CT molecular complexity index is 1010. The van der Waals surface area contributed by atoms with Crippen LogP contribution >= 0.6 is 0 Å². The Morgan fingerprint density at radius 1 is 0.935 bits per heavy atom. The number of aryl methyl sites for hydroxylation is 1. The molecule has 2 aromatic carbocycles. The normalized spacial score (nSPS) is 15.0. The number of hydrogen-bond acceptors (Lipinski definition) is 5. The summed E-state index contributed by atoms with van der Waals surface area (Å²) in [6.07, 6.45) is 0.756. The molecular formula is C22H28N4O4S. The minimum atomic E-state index is -3.46. The van der Waals surface area contributed by atoms with Gasteiger partial charge in [0.2, 0.25) is 15.9 Å². The van der Waals surface area contributed by atoms with Gasteiger partial charge in [0.1, 0.15) is 0 Å². The number of piperazine rings is 1. The summed E-state index contributed by atoms with van der Waals surface area (Å²) >= 11 is 0. The predicted molar refractivity (Wildman–Crippen MR) is 119 cm³/mol. The van der Waals surface area contributed by atoms with E-state index in [1.165, 1.54) is 19.2 Å². The second kappa shape index (κ2) is 10.0. The van der Waals surface area contributed by atoms with Crippen LogP contribution in [0, 0.1) is 0 Å². The molecule has 0 bridgehead atoms. The van der Waals surface area contributed by atoms with Crippen LogP contribution in [0.2, 0.25) is 0 Å². The maximum Gasteiger partial charge on any atom is 0.253 e. The van der Waals surface area contributed by atoms with E-state index in [2.05, 4.69) is 14.9 Å². The Kier molecular flexibility index (Phi) is 7.42. The summed E-state index contributed by atoms with van der Waals surface area (Å²) in [4.78, 5) is 29.1. The number of carbonyl (C=O) groups is 2. The van der Waals surface area contributed by atoms with Crippen LogP contribution < -0.4 is 10.0 Å². The van der Waals surface area contributed by atoms with Gasteiger partial charge in [-0.05, 0) is 62.5 Å². The van der Waals surface area contributed by atoms with E-state index in [0.29, 0.717) is 17.7 Å². The molecule has 0 aliphatic carbocycles. The zero-order chi connectivity index (χ0) is 22.4. The molecule has 166 valence electrons. The van der Waals surface area contributed by atoms with Gasteiger partial charge in [-0.15, -0.1) is 0 Å². The van der Waals surface area contributed by atoms with Crippen LogP contribution in [0.4, 0.5) is 5.69 Å². The molecule has 1 aliphatic rings. The topological polar surface area (TPSA) is 98.8 Å². The van der Waals surface area contributed by atoms with Crippen molar-refractivity contribution in [3.63, 3.8) is 0 Å². The molecule has 1 saturated heterocycles. The van der Waals surface area contributed by atoms with E-state index in [1.807, 2.05) is 11.9 Å². The van der Waals surface area contributed by atoms with Crippen molar-refractivity contribution in [1.29, 1.82) is 0 Å². The van der Waals surface area contributed by atoms with Crippen LogP contribution in [0.25, 0.3) is 0 Å². The molecule has 1 fully saturated rings. The van der Waals surface area contributed by atoms with Crippen molar-refractivity contribution in [2.45, 2.75) is 17.7 Å². The molecule has 1 heterocycles. The van der Waals surface area contributed by atoms with E-state index in [9.17, 15) is 18.0 Å². The third-order valence-electron chi connectivity index (χ3n) is 5.35. The highest BCUT2D eigenvalue weighted by molar-refractivity contribution is 7.89. The fraction of sp³-hybridized carbons (Fsp3) is 0.364. The van der Waals surface area contributed by atoms with Gasteiger partial charge in [-0.25, -0.2) is 13.1 Å². The van der Waals surface area contributed by atoms with Crippen LogP contribution in [0.5, 0.6) is 0 Å². The number of sulfonamides is 1. The van der Waals surface area contributed by atoms with Crippen molar-refractivity contribution in [2.24, 2.45) is 0 Å². The molecule has 0 aromatic heterocycles. The van der Waals surface area contributed by atoms with E-state index in [0.717, 1.165) is 31.7 Å². The van der Waals surface area contributed by atoms with E-state index < -0.39 is 10.0 Å². The van der Waals surface area contributed by atoms with Gasteiger partial charge < -0.3 is 15.1 Å². The molecule has 31 heavy (non-hydrogen) atoms. The van der Waals surface area contributed by atoms with Crippen molar-refractivity contribution in [2.75, 3.05) is 45.6 Å². The van der Waals surface area contributed by atoms with Crippen LogP contribution in [0.15, 0.2) is 53.4 Å². The maximum atomic E-state index is 12.6. The number of nitrogens with one attached hydrogen (secondary N) is 2. The lowest BCUT2D eigenvalue weighted by molar-refractivity contribution is -0.116. The van der Waals surface area contributed by atoms with E-state index >= 15 is 0 Å². The number of benzene rings is 2. The molecule has 2 amide bonds. The first-order valence-electron chi connectivity index (χ1n) is 10.2. The Labute approximate surface area is 183 Å². The monoisotopic (exact) mass is 444 g/mol. The quantitative estimate of drug-likeness (QED) is 0.675. The van der Waals surface area contributed by atoms with Gasteiger partial charge in [0.15, 0.2) is 0 Å². The van der Waals surface area contributed by atoms with Gasteiger partial charge in [0.05, 0.1) is 4.90 Å². The zero-order valence-corrected chi connectivity index (χ0v) is 18.6. The SMILES string of the molecule is CNS(=O)(=O)c1ccc(CCC(=O)Nc2ccc(C(=O)N3CCN(C)CC3)cc2)cc1. The second-order valence-corrected chi connectivity index (χ2v) is 9.46. The average molecular weight is 445 g/mol. The molecule has 1 aliphatic heterocycles. The van der Waals surface area contributed by atoms with Crippen LogP contribution in [-0.2, 0) is 21.2 Å². The highest BCUT2D eigenvalue weighted by Gasteiger charge is 2.20. The summed E-state index contributed by atoms with van der Waals surface area (Å²) in [6.45, 7) is 3.17. The largest absolute Gasteiger partial charge is 0.336 e. The Hall–Kier alpha value is -2.75. The third kappa shape index (κ3) is 6.13. The Balaban J connectivity index is 1.50. The molecule has 0 radical (unpaired) electrons. The molecule has 0 unspecified atom stereocenters. The lowest BCUT2D eigenvalue weighted by atomic mass is 10.1. The first-order chi connectivity index (χ1) is 14.8. The highest BCUT2D eigenvalue weighted by Crippen LogP contribution is 2.15. The number of rotatable bonds is 7. The molecule has 0 spiro atoms. The van der Waals surface area contributed by atoms with Crippen LogP contribution in [0.3, 0.4) is 0 Å². The number of amides is 2. The molecule has 0 atom stereocenters. The molecule has 0 saturated carbocycles. The molecule has 3 rings (SSSR count). The number of nitrogens with zero attached hydrogens (tertiary/aromatic N) is 2. The highest BCUT2D eigenvalue weighted by atomic mass is 32.2. The summed E-state index contributed by atoms with van der Waals surface area (Å²) in [5.74, 6) is -0.139. The van der Waals surface area contributed by atoms with Gasteiger partial charge in [0.25, 0.3) is 5.91 Å². The summed E-state index contributed by atoms with van der Waals surface area (Å²) in [5, 5.41) is 2.83. The van der Waals surface area contributed by atoms with Gasteiger partial charge >= 0.3 is 0 Å². The molecule has 2 N–H and O–H groups in total. The standard InChI is InChI=1S/C22H28N4O4S/c1-23-31(29,30)20-10-3-17(4-11-20)5-12-21(27)24-19-8-6-18(7-9-19)22(28)26-15-13-25(2)14-16-26/h3-4,6-11,23H,5,12-16H2,1-2H3,(H,24,27). The van der Waals surface area contributed by atoms with Gasteiger partial charge in [0, 0.05) is 43.9 Å². The second-order valence-electron chi connectivity index (χ2n) is 7.57. The van der Waals surface area contributed by atoms with Crippen LogP contribution in [-0.4, -0.2) is 70.3 Å². The summed E-state index contributed by atoms with van der Waals surface area (Å²) in [5.41, 5.74) is 2.12. The van der Waals surface area contributed by atoms with Crippen molar-refractivity contribution >= 4 is 27.5 Å². The maximum absolute atomic E-state index is 12.6. The van der Waals surface area contributed by atoms with Crippen molar-refractivity contribution < 1.29 is 18.0 Å². The molecule has 9 heteroatoms. The van der Waals surface area contributed by atoms with Crippen molar-refractivity contribution in [1.82, 2.24) is 14.5 Å². The minimum absolute atomic E-state index is 0.00899. The number of anilines is 1. The Morgan fingerprint density at radius 2 is 1.55 bits per heavy atom. The predicted octanol–water partition coefficient (Wildman–Crippen LogP) is 1.55. The average Bonchev–Trinajstić information content (AvgIpc) is 2.78. The lowest BCUT2D eigenvalue weighted by Gasteiger charge is -2.32. The van der Waals surface area contributed by atoms with Crippen molar-refractivity contribution in [3.05, 3.63) is 59.7 Å². The number of hydrogen-bond donors (Lipinski definition) is 2. The summed E-state index contributed by atoms with van der Waals surface area (Å²) < 4.78 is 25.8. The van der Waals surface area contributed by atoms with Gasteiger partial charge in [-0.1, -0.05) is 12.1 Å². The van der Waals surface area contributed by atoms with E-state index in [4.69, 9.17) is 0 Å². The Morgan fingerprint density at radius 3 is 2.13 bits per heavy atom. The third-order valence-corrected chi connectivity index (χ3v) is 6.78. The fourth-order valence-electron chi connectivity index (χ4n) is 3.32. The lowest BCUT2D eigenvalue weighted by Crippen LogP contribution is -2.47. The smallest absolute Gasteiger partial charge is 0.253 e. The van der Waals surface area contributed by atoms with Crippen molar-refractivity contribution in [3.8, 4) is 0 Å². The first kappa shape index (κ1) is 22.9. The molecular weight excluding hydrogens is 416 g/mol. The molecule has 8 nitrogen and oxygen atoms in total. The number of likely N-dealkylation sites (N-methyl/N-ethyl adjacent to an activating group) is 1.